The Morgan fingerprint density at radius 3 is 2.45 bits per heavy atom. The number of benzene rings is 1. The van der Waals surface area contributed by atoms with Crippen LogP contribution in [0.5, 0.6) is 11.5 Å². The Labute approximate surface area is 169 Å². The van der Waals surface area contributed by atoms with E-state index in [1.54, 1.807) is 50.7 Å². The number of hydrogen-bond acceptors (Lipinski definition) is 7. The number of rotatable bonds is 8. The third kappa shape index (κ3) is 5.19. The van der Waals surface area contributed by atoms with Gasteiger partial charge in [-0.25, -0.2) is 9.97 Å². The number of aromatic nitrogens is 3. The number of nitrogens with zero attached hydrogens (tertiary/aromatic N) is 4. The molecule has 1 amide bonds. The summed E-state index contributed by atoms with van der Waals surface area (Å²) in [5.41, 5.74) is 2.19. The van der Waals surface area contributed by atoms with Gasteiger partial charge in [0.1, 0.15) is 11.5 Å². The number of nitrogens with one attached hydrogen (secondary N) is 1. The highest BCUT2D eigenvalue weighted by molar-refractivity contribution is 5.91. The maximum absolute atomic E-state index is 12.5. The minimum Gasteiger partial charge on any atom is -0.493 e. The van der Waals surface area contributed by atoms with Crippen molar-refractivity contribution < 1.29 is 14.3 Å². The van der Waals surface area contributed by atoms with Gasteiger partial charge in [-0.15, -0.1) is 0 Å². The lowest BCUT2D eigenvalue weighted by molar-refractivity contribution is 0.0790. The summed E-state index contributed by atoms with van der Waals surface area (Å²) < 4.78 is 10.5. The van der Waals surface area contributed by atoms with Crippen molar-refractivity contribution in [2.75, 3.05) is 33.1 Å². The van der Waals surface area contributed by atoms with Crippen molar-refractivity contribution in [1.29, 1.82) is 0 Å². The van der Waals surface area contributed by atoms with Gasteiger partial charge in [0.25, 0.3) is 5.91 Å². The molecule has 2 heterocycles. The molecule has 0 saturated carbocycles. The summed E-state index contributed by atoms with van der Waals surface area (Å²) in [6.07, 6.45) is 7.23. The van der Waals surface area contributed by atoms with Gasteiger partial charge in [0.15, 0.2) is 11.5 Å². The van der Waals surface area contributed by atoms with Crippen LogP contribution in [0.3, 0.4) is 0 Å². The second-order valence-electron chi connectivity index (χ2n) is 6.31. The van der Waals surface area contributed by atoms with E-state index in [1.807, 2.05) is 18.2 Å². The summed E-state index contributed by atoms with van der Waals surface area (Å²) in [5.74, 6) is 1.59. The SMILES string of the molecule is COc1ccc(Nc2cnc(C(=O)N(C)CCc3ccncc3)cn2)cc1OC. The average molecular weight is 393 g/mol. The molecule has 29 heavy (non-hydrogen) atoms. The number of methoxy groups -OCH3 is 2. The molecule has 1 N–H and O–H groups in total. The van der Waals surface area contributed by atoms with Crippen LogP contribution in [0.25, 0.3) is 0 Å². The maximum Gasteiger partial charge on any atom is 0.273 e. The lowest BCUT2D eigenvalue weighted by atomic mass is 10.2. The predicted octanol–water partition coefficient (Wildman–Crippen LogP) is 2.95. The van der Waals surface area contributed by atoms with E-state index in [1.165, 1.54) is 12.4 Å². The number of pyridine rings is 1. The fraction of sp³-hybridized carbons (Fsp3) is 0.238. The third-order valence-electron chi connectivity index (χ3n) is 4.36. The fourth-order valence-electron chi connectivity index (χ4n) is 2.71. The van der Waals surface area contributed by atoms with Crippen molar-refractivity contribution in [3.8, 4) is 11.5 Å². The van der Waals surface area contributed by atoms with E-state index in [0.29, 0.717) is 29.6 Å². The van der Waals surface area contributed by atoms with Crippen molar-refractivity contribution in [1.82, 2.24) is 19.9 Å². The van der Waals surface area contributed by atoms with Crippen LogP contribution in [0.4, 0.5) is 11.5 Å². The Kier molecular flexibility index (Phi) is 6.57. The van der Waals surface area contributed by atoms with Gasteiger partial charge in [-0.3, -0.25) is 9.78 Å². The van der Waals surface area contributed by atoms with E-state index in [4.69, 9.17) is 9.47 Å². The Bertz CT molecular complexity index is 948. The number of hydrogen-bond donors (Lipinski definition) is 1. The molecule has 3 aromatic rings. The first-order valence-corrected chi connectivity index (χ1v) is 9.06. The molecule has 0 radical (unpaired) electrons. The van der Waals surface area contributed by atoms with Crippen LogP contribution in [-0.2, 0) is 6.42 Å². The van der Waals surface area contributed by atoms with Gasteiger partial charge in [-0.2, -0.15) is 0 Å². The van der Waals surface area contributed by atoms with Crippen LogP contribution in [0.15, 0.2) is 55.1 Å². The van der Waals surface area contributed by atoms with E-state index in [-0.39, 0.29) is 5.91 Å². The molecule has 0 saturated heterocycles. The number of carbonyl (C=O) groups excluding carboxylic acids is 1. The van der Waals surface area contributed by atoms with Crippen LogP contribution in [0, 0.1) is 0 Å². The average Bonchev–Trinajstić information content (AvgIpc) is 2.78. The number of anilines is 2. The largest absolute Gasteiger partial charge is 0.493 e. The first-order valence-electron chi connectivity index (χ1n) is 9.06. The molecule has 3 rings (SSSR count). The molecular weight excluding hydrogens is 370 g/mol. The summed E-state index contributed by atoms with van der Waals surface area (Å²) >= 11 is 0. The van der Waals surface area contributed by atoms with Gasteiger partial charge in [-0.05, 0) is 36.2 Å². The number of amides is 1. The number of ether oxygens (including phenoxy) is 2. The molecule has 0 fully saturated rings. The van der Waals surface area contributed by atoms with Gasteiger partial charge in [0.05, 0.1) is 26.6 Å². The predicted molar refractivity (Wildman–Crippen MR) is 110 cm³/mol. The lowest BCUT2D eigenvalue weighted by Crippen LogP contribution is -2.29. The van der Waals surface area contributed by atoms with Crippen LogP contribution in [0.1, 0.15) is 16.1 Å². The first-order chi connectivity index (χ1) is 14.1. The number of carbonyl (C=O) groups is 1. The normalized spacial score (nSPS) is 10.3. The summed E-state index contributed by atoms with van der Waals surface area (Å²) in [5, 5.41) is 3.13. The van der Waals surface area contributed by atoms with E-state index in [2.05, 4.69) is 20.3 Å². The zero-order chi connectivity index (χ0) is 20.6. The molecular formula is C21H23N5O3. The van der Waals surface area contributed by atoms with Gasteiger partial charge >= 0.3 is 0 Å². The maximum atomic E-state index is 12.5. The monoisotopic (exact) mass is 393 g/mol. The molecule has 8 heteroatoms. The number of likely N-dealkylation sites (N-methyl/N-ethyl adjacent to an activating group) is 1. The van der Waals surface area contributed by atoms with Gasteiger partial charge in [0, 0.05) is 37.7 Å². The van der Waals surface area contributed by atoms with Crippen LogP contribution < -0.4 is 14.8 Å². The quantitative estimate of drug-likeness (QED) is 0.629. The van der Waals surface area contributed by atoms with Crippen molar-refractivity contribution in [3.63, 3.8) is 0 Å². The zero-order valence-electron chi connectivity index (χ0n) is 16.6. The molecule has 2 aromatic heterocycles. The smallest absolute Gasteiger partial charge is 0.273 e. The summed E-state index contributed by atoms with van der Waals surface area (Å²) in [6, 6.07) is 9.31. The van der Waals surface area contributed by atoms with Crippen molar-refractivity contribution in [2.24, 2.45) is 0 Å². The third-order valence-corrected chi connectivity index (χ3v) is 4.36. The molecule has 0 atom stereocenters. The Hall–Kier alpha value is -3.68. The molecule has 0 bridgehead atoms. The van der Waals surface area contributed by atoms with Gasteiger partial charge in [-0.1, -0.05) is 0 Å². The van der Waals surface area contributed by atoms with E-state index >= 15 is 0 Å². The minimum atomic E-state index is -0.177. The summed E-state index contributed by atoms with van der Waals surface area (Å²) in [7, 11) is 4.91. The second kappa shape index (κ2) is 9.50. The highest BCUT2D eigenvalue weighted by atomic mass is 16.5. The van der Waals surface area contributed by atoms with E-state index in [0.717, 1.165) is 17.7 Å². The highest BCUT2D eigenvalue weighted by Gasteiger charge is 2.14. The van der Waals surface area contributed by atoms with E-state index < -0.39 is 0 Å². The molecule has 150 valence electrons. The molecule has 0 aliphatic rings. The Morgan fingerprint density at radius 1 is 1.03 bits per heavy atom. The Morgan fingerprint density at radius 2 is 1.79 bits per heavy atom. The first kappa shape index (κ1) is 20.1. The van der Waals surface area contributed by atoms with Crippen LogP contribution in [0.2, 0.25) is 0 Å². The molecule has 0 aliphatic heterocycles. The highest BCUT2D eigenvalue weighted by Crippen LogP contribution is 2.30. The zero-order valence-corrected chi connectivity index (χ0v) is 16.6. The topological polar surface area (TPSA) is 89.5 Å². The summed E-state index contributed by atoms with van der Waals surface area (Å²) in [6.45, 7) is 0.580. The summed E-state index contributed by atoms with van der Waals surface area (Å²) in [4.78, 5) is 26.7. The molecule has 8 nitrogen and oxygen atoms in total. The van der Waals surface area contributed by atoms with Crippen molar-refractivity contribution >= 4 is 17.4 Å². The van der Waals surface area contributed by atoms with Crippen molar-refractivity contribution in [3.05, 3.63) is 66.4 Å². The van der Waals surface area contributed by atoms with Gasteiger partial charge in [0.2, 0.25) is 0 Å². The van der Waals surface area contributed by atoms with Crippen LogP contribution >= 0.6 is 0 Å². The fourth-order valence-corrected chi connectivity index (χ4v) is 2.71. The second-order valence-corrected chi connectivity index (χ2v) is 6.31. The lowest BCUT2D eigenvalue weighted by Gasteiger charge is -2.16. The Balaban J connectivity index is 1.61. The van der Waals surface area contributed by atoms with Gasteiger partial charge < -0.3 is 19.7 Å². The molecule has 0 aliphatic carbocycles. The molecule has 0 unspecified atom stereocenters. The minimum absolute atomic E-state index is 0.177. The molecule has 1 aromatic carbocycles. The molecule has 0 spiro atoms. The standard InChI is InChI=1S/C21H23N5O3/c1-26(11-8-15-6-9-22-10-7-15)21(27)17-13-24-20(14-23-17)25-16-4-5-18(28-2)19(12-16)29-3/h4-7,9-10,12-14H,8,11H2,1-3H3,(H,24,25). The van der Waals surface area contributed by atoms with Crippen LogP contribution in [-0.4, -0.2) is 53.6 Å². The van der Waals surface area contributed by atoms with E-state index in [9.17, 15) is 4.79 Å². The van der Waals surface area contributed by atoms with Crippen molar-refractivity contribution in [2.45, 2.75) is 6.42 Å².